The Bertz CT molecular complexity index is 529. The lowest BCUT2D eigenvalue weighted by Crippen LogP contribution is -2.14. The van der Waals surface area contributed by atoms with Gasteiger partial charge in [0.1, 0.15) is 0 Å². The maximum Gasteiger partial charge on any atom is 0.323 e. The van der Waals surface area contributed by atoms with Gasteiger partial charge in [0, 0.05) is 0 Å². The second kappa shape index (κ2) is 3.75. The summed E-state index contributed by atoms with van der Waals surface area (Å²) >= 11 is 4.47. The summed E-state index contributed by atoms with van der Waals surface area (Å²) in [6.07, 6.45) is 0. The van der Waals surface area contributed by atoms with E-state index in [4.69, 9.17) is 0 Å². The van der Waals surface area contributed by atoms with Crippen molar-refractivity contribution in [3.05, 3.63) is 34.2 Å². The molecule has 0 aliphatic carbocycles. The molecule has 0 aliphatic rings. The number of hydrogen-bond donors (Lipinski definition) is 3. The Labute approximate surface area is 92.7 Å². The minimum atomic E-state index is -0.178. The summed E-state index contributed by atoms with van der Waals surface area (Å²) < 4.78 is 0. The van der Waals surface area contributed by atoms with Crippen molar-refractivity contribution in [3.63, 3.8) is 0 Å². The number of rotatable bonds is 2. The number of fused-ring (bicyclic) bond motifs is 1. The van der Waals surface area contributed by atoms with Gasteiger partial charge in [0.25, 0.3) is 0 Å². The number of nitrogens with one attached hydrogen (secondary N) is 2. The van der Waals surface area contributed by atoms with Crippen molar-refractivity contribution < 1.29 is 0 Å². The van der Waals surface area contributed by atoms with Crippen molar-refractivity contribution in [2.75, 3.05) is 14.1 Å². The number of nitrogens with zero attached hydrogens (tertiary/aromatic N) is 1. The van der Waals surface area contributed by atoms with Gasteiger partial charge in [0.15, 0.2) is 0 Å². The van der Waals surface area contributed by atoms with Crippen LogP contribution < -0.4 is 5.69 Å². The molecule has 1 heterocycles. The van der Waals surface area contributed by atoms with Crippen LogP contribution in [0.3, 0.4) is 0 Å². The summed E-state index contributed by atoms with van der Waals surface area (Å²) in [7, 11) is 3.92. The first-order valence-corrected chi connectivity index (χ1v) is 5.16. The molecule has 1 atom stereocenters. The normalized spacial score (nSPS) is 13.6. The van der Waals surface area contributed by atoms with Crippen molar-refractivity contribution >= 4 is 23.7 Å². The zero-order valence-electron chi connectivity index (χ0n) is 8.61. The number of benzene rings is 1. The average molecular weight is 223 g/mol. The highest BCUT2D eigenvalue weighted by Crippen LogP contribution is 2.23. The summed E-state index contributed by atoms with van der Waals surface area (Å²) in [5.41, 5.74) is 2.52. The summed E-state index contributed by atoms with van der Waals surface area (Å²) in [6.45, 7) is 0. The van der Waals surface area contributed by atoms with Crippen LogP contribution in [0.2, 0.25) is 0 Å². The molecule has 0 saturated carbocycles. The van der Waals surface area contributed by atoms with E-state index in [-0.39, 0.29) is 11.1 Å². The van der Waals surface area contributed by atoms with Gasteiger partial charge in [-0.05, 0) is 31.8 Å². The van der Waals surface area contributed by atoms with E-state index in [0.717, 1.165) is 16.6 Å². The molecule has 0 radical (unpaired) electrons. The zero-order valence-corrected chi connectivity index (χ0v) is 9.51. The van der Waals surface area contributed by atoms with Crippen LogP contribution in [0.15, 0.2) is 23.0 Å². The van der Waals surface area contributed by atoms with E-state index in [2.05, 4.69) is 22.6 Å². The maximum atomic E-state index is 11.1. The third kappa shape index (κ3) is 1.93. The maximum absolute atomic E-state index is 11.1. The number of H-pyrrole nitrogens is 2. The quantitative estimate of drug-likeness (QED) is 0.531. The van der Waals surface area contributed by atoms with Crippen LogP contribution in [0.25, 0.3) is 11.0 Å². The molecule has 0 aliphatic heterocycles. The van der Waals surface area contributed by atoms with E-state index in [1.807, 2.05) is 37.2 Å². The Morgan fingerprint density at radius 1 is 1.27 bits per heavy atom. The SMILES string of the molecule is CN(C)C(S)c1ccc2[nH]c(=O)[nH]c2c1. The van der Waals surface area contributed by atoms with Crippen molar-refractivity contribution in [1.82, 2.24) is 14.9 Å². The van der Waals surface area contributed by atoms with E-state index in [0.29, 0.717) is 0 Å². The first-order chi connectivity index (χ1) is 7.08. The Morgan fingerprint density at radius 2 is 1.93 bits per heavy atom. The molecule has 5 heteroatoms. The van der Waals surface area contributed by atoms with Gasteiger partial charge in [-0.15, -0.1) is 0 Å². The second-order valence-corrected chi connectivity index (χ2v) is 4.21. The van der Waals surface area contributed by atoms with Crippen molar-refractivity contribution in [2.24, 2.45) is 0 Å². The monoisotopic (exact) mass is 223 g/mol. The summed E-state index contributed by atoms with van der Waals surface area (Å²) in [6, 6.07) is 5.78. The Balaban J connectivity index is 2.50. The van der Waals surface area contributed by atoms with Gasteiger partial charge in [0.2, 0.25) is 0 Å². The van der Waals surface area contributed by atoms with Gasteiger partial charge in [-0.2, -0.15) is 12.6 Å². The third-order valence-electron chi connectivity index (χ3n) is 2.33. The highest BCUT2D eigenvalue weighted by molar-refractivity contribution is 7.80. The van der Waals surface area contributed by atoms with Crippen molar-refractivity contribution in [2.45, 2.75) is 5.37 Å². The van der Waals surface area contributed by atoms with E-state index < -0.39 is 0 Å². The standard InChI is InChI=1S/C10H13N3OS/c1-13(2)9(15)6-3-4-7-8(5-6)12-10(14)11-7/h3-5,9,15H,1-2H3,(H2,11,12,14). The van der Waals surface area contributed by atoms with Crippen LogP contribution >= 0.6 is 12.6 Å². The average Bonchev–Trinajstić information content (AvgIpc) is 2.55. The molecule has 1 aromatic carbocycles. The number of aromatic amines is 2. The predicted molar refractivity (Wildman–Crippen MR) is 64.3 cm³/mol. The van der Waals surface area contributed by atoms with Gasteiger partial charge in [-0.1, -0.05) is 6.07 Å². The van der Waals surface area contributed by atoms with Crippen molar-refractivity contribution in [3.8, 4) is 0 Å². The van der Waals surface area contributed by atoms with Gasteiger partial charge in [-0.3, -0.25) is 4.90 Å². The first kappa shape index (κ1) is 10.3. The van der Waals surface area contributed by atoms with Crippen LogP contribution in [-0.4, -0.2) is 29.0 Å². The molecule has 2 N–H and O–H groups in total. The number of aromatic nitrogens is 2. The van der Waals surface area contributed by atoms with Gasteiger partial charge < -0.3 is 9.97 Å². The van der Waals surface area contributed by atoms with Gasteiger partial charge in [0.05, 0.1) is 16.4 Å². The largest absolute Gasteiger partial charge is 0.323 e. The summed E-state index contributed by atoms with van der Waals surface area (Å²) in [5, 5.41) is 0.0350. The fraction of sp³-hybridized carbons (Fsp3) is 0.300. The zero-order chi connectivity index (χ0) is 11.0. The lowest BCUT2D eigenvalue weighted by Gasteiger charge is -2.18. The molecule has 0 amide bonds. The molecule has 0 bridgehead atoms. The van der Waals surface area contributed by atoms with Crippen LogP contribution in [-0.2, 0) is 0 Å². The molecule has 0 spiro atoms. The van der Waals surface area contributed by atoms with Gasteiger partial charge in [-0.25, -0.2) is 4.79 Å². The topological polar surface area (TPSA) is 51.9 Å². The minimum Gasteiger partial charge on any atom is -0.306 e. The molecular weight excluding hydrogens is 210 g/mol. The molecular formula is C10H13N3OS. The predicted octanol–water partition coefficient (Wildman–Crippen LogP) is 1.35. The molecule has 2 rings (SSSR count). The minimum absolute atomic E-state index is 0.0350. The molecule has 1 aromatic heterocycles. The van der Waals surface area contributed by atoms with E-state index in [9.17, 15) is 4.79 Å². The lowest BCUT2D eigenvalue weighted by atomic mass is 10.2. The number of imidazole rings is 1. The third-order valence-corrected chi connectivity index (χ3v) is 3.09. The molecule has 0 fully saturated rings. The summed E-state index contributed by atoms with van der Waals surface area (Å²) in [4.78, 5) is 18.5. The molecule has 2 aromatic rings. The van der Waals surface area contributed by atoms with Crippen LogP contribution in [0.5, 0.6) is 0 Å². The molecule has 80 valence electrons. The number of hydrogen-bond acceptors (Lipinski definition) is 3. The first-order valence-electron chi connectivity index (χ1n) is 4.64. The Hall–Kier alpha value is -1.20. The smallest absolute Gasteiger partial charge is 0.306 e. The van der Waals surface area contributed by atoms with Crippen LogP contribution in [0.1, 0.15) is 10.9 Å². The molecule has 4 nitrogen and oxygen atoms in total. The van der Waals surface area contributed by atoms with Crippen LogP contribution in [0.4, 0.5) is 0 Å². The Morgan fingerprint density at radius 3 is 2.60 bits per heavy atom. The van der Waals surface area contributed by atoms with E-state index in [1.165, 1.54) is 0 Å². The number of thiol groups is 1. The summed E-state index contributed by atoms with van der Waals surface area (Å²) in [5.74, 6) is 0. The van der Waals surface area contributed by atoms with E-state index >= 15 is 0 Å². The lowest BCUT2D eigenvalue weighted by molar-refractivity contribution is 0.394. The fourth-order valence-corrected chi connectivity index (χ4v) is 1.67. The second-order valence-electron chi connectivity index (χ2n) is 3.72. The highest BCUT2D eigenvalue weighted by atomic mass is 32.1. The molecule has 0 saturated heterocycles. The molecule has 15 heavy (non-hydrogen) atoms. The fourth-order valence-electron chi connectivity index (χ4n) is 1.51. The Kier molecular flexibility index (Phi) is 2.58. The van der Waals surface area contributed by atoms with Crippen molar-refractivity contribution in [1.29, 1.82) is 0 Å². The highest BCUT2D eigenvalue weighted by Gasteiger charge is 2.09. The molecule has 1 unspecified atom stereocenters. The van der Waals surface area contributed by atoms with Gasteiger partial charge >= 0.3 is 5.69 Å². The van der Waals surface area contributed by atoms with Crippen LogP contribution in [0, 0.1) is 0 Å². The van der Waals surface area contributed by atoms with E-state index in [1.54, 1.807) is 0 Å².